The second kappa shape index (κ2) is 5.63. The molecule has 0 radical (unpaired) electrons. The standard InChI is InChI=1S/C18H16BrN3O2/c1-22-9-15(19)13-7-12(4-5-16(13)22)21-17-14(18(23)24)6-11(8-20-17)10-2-3-10/h4-10H,2-3H2,1H3,(H,20,21)(H,23,24). The minimum absolute atomic E-state index is 0.214. The van der Waals surface area contributed by atoms with Crippen LogP contribution in [0.15, 0.2) is 41.1 Å². The normalized spacial score (nSPS) is 14.1. The van der Waals surface area contributed by atoms with Crippen molar-refractivity contribution >= 4 is 44.3 Å². The van der Waals surface area contributed by atoms with Crippen molar-refractivity contribution in [2.75, 3.05) is 5.32 Å². The molecule has 1 aromatic carbocycles. The SMILES string of the molecule is Cn1cc(Br)c2cc(Nc3ncc(C4CC4)cc3C(=O)O)ccc21. The van der Waals surface area contributed by atoms with Crippen LogP contribution in [0.1, 0.15) is 34.7 Å². The Morgan fingerprint density at radius 2 is 2.17 bits per heavy atom. The molecule has 0 spiro atoms. The number of aromatic carboxylic acids is 1. The molecule has 3 aromatic rings. The molecule has 2 aromatic heterocycles. The molecular weight excluding hydrogens is 370 g/mol. The van der Waals surface area contributed by atoms with Crippen molar-refractivity contribution < 1.29 is 9.90 Å². The molecule has 122 valence electrons. The van der Waals surface area contributed by atoms with Gasteiger partial charge in [0.25, 0.3) is 0 Å². The molecule has 1 saturated carbocycles. The number of hydrogen-bond donors (Lipinski definition) is 2. The van der Waals surface area contributed by atoms with Gasteiger partial charge in [-0.25, -0.2) is 9.78 Å². The van der Waals surface area contributed by atoms with Crippen molar-refractivity contribution in [3.8, 4) is 0 Å². The maximum Gasteiger partial charge on any atom is 0.339 e. The molecule has 2 N–H and O–H groups in total. The highest BCUT2D eigenvalue weighted by atomic mass is 79.9. The number of nitrogens with zero attached hydrogens (tertiary/aromatic N) is 2. The third-order valence-electron chi connectivity index (χ3n) is 4.39. The number of carboxylic acids is 1. The molecule has 5 nitrogen and oxygen atoms in total. The molecular formula is C18H16BrN3O2. The highest BCUT2D eigenvalue weighted by Crippen LogP contribution is 2.40. The van der Waals surface area contributed by atoms with Crippen molar-refractivity contribution in [1.82, 2.24) is 9.55 Å². The molecule has 0 aliphatic heterocycles. The third-order valence-corrected chi connectivity index (χ3v) is 5.02. The first-order chi connectivity index (χ1) is 11.5. The van der Waals surface area contributed by atoms with Gasteiger partial charge >= 0.3 is 5.97 Å². The Hall–Kier alpha value is -2.34. The number of benzene rings is 1. The molecule has 6 heteroatoms. The average Bonchev–Trinajstić information content (AvgIpc) is 3.35. The molecule has 1 fully saturated rings. The van der Waals surface area contributed by atoms with Crippen LogP contribution in [0.2, 0.25) is 0 Å². The first kappa shape index (κ1) is 15.2. The zero-order valence-electron chi connectivity index (χ0n) is 13.1. The number of rotatable bonds is 4. The van der Waals surface area contributed by atoms with Crippen LogP contribution in [0, 0.1) is 0 Å². The number of anilines is 2. The number of carbonyl (C=O) groups is 1. The maximum absolute atomic E-state index is 11.6. The summed E-state index contributed by atoms with van der Waals surface area (Å²) in [6.07, 6.45) is 6.02. The van der Waals surface area contributed by atoms with E-state index in [2.05, 4.69) is 26.2 Å². The lowest BCUT2D eigenvalue weighted by molar-refractivity contribution is 0.0697. The molecule has 0 amide bonds. The zero-order chi connectivity index (χ0) is 16.8. The fourth-order valence-corrected chi connectivity index (χ4v) is 3.57. The monoisotopic (exact) mass is 385 g/mol. The van der Waals surface area contributed by atoms with Crippen LogP contribution in [0.25, 0.3) is 10.9 Å². The van der Waals surface area contributed by atoms with E-state index in [1.54, 1.807) is 12.3 Å². The number of halogens is 1. The van der Waals surface area contributed by atoms with Crippen molar-refractivity contribution in [3.63, 3.8) is 0 Å². The fourth-order valence-electron chi connectivity index (χ4n) is 2.94. The Morgan fingerprint density at radius 3 is 2.88 bits per heavy atom. The summed E-state index contributed by atoms with van der Waals surface area (Å²) in [6, 6.07) is 7.66. The minimum Gasteiger partial charge on any atom is -0.478 e. The Kier molecular flexibility index (Phi) is 3.57. The van der Waals surface area contributed by atoms with Gasteiger partial charge in [-0.15, -0.1) is 0 Å². The van der Waals surface area contributed by atoms with Crippen molar-refractivity contribution in [1.29, 1.82) is 0 Å². The van der Waals surface area contributed by atoms with E-state index in [1.807, 2.05) is 36.0 Å². The summed E-state index contributed by atoms with van der Waals surface area (Å²) in [7, 11) is 1.99. The van der Waals surface area contributed by atoms with E-state index in [4.69, 9.17) is 0 Å². The van der Waals surface area contributed by atoms with E-state index in [0.717, 1.165) is 39.5 Å². The van der Waals surface area contributed by atoms with Gasteiger partial charge in [0.05, 0.1) is 0 Å². The number of hydrogen-bond acceptors (Lipinski definition) is 3. The van der Waals surface area contributed by atoms with E-state index in [9.17, 15) is 9.90 Å². The lowest BCUT2D eigenvalue weighted by Gasteiger charge is -2.10. The summed E-state index contributed by atoms with van der Waals surface area (Å²) in [5.41, 5.74) is 3.14. The van der Waals surface area contributed by atoms with Crippen molar-refractivity contribution in [3.05, 3.63) is 52.3 Å². The lowest BCUT2D eigenvalue weighted by atomic mass is 10.1. The van der Waals surface area contributed by atoms with Gasteiger partial charge in [-0.2, -0.15) is 0 Å². The summed E-state index contributed by atoms with van der Waals surface area (Å²) >= 11 is 3.55. The predicted molar refractivity (Wildman–Crippen MR) is 97.1 cm³/mol. The summed E-state index contributed by atoms with van der Waals surface area (Å²) in [4.78, 5) is 15.9. The number of pyridine rings is 1. The maximum atomic E-state index is 11.6. The average molecular weight is 386 g/mol. The van der Waals surface area contributed by atoms with Gasteiger partial charge in [0.15, 0.2) is 0 Å². The zero-order valence-corrected chi connectivity index (χ0v) is 14.7. The first-order valence-corrected chi connectivity index (χ1v) is 8.57. The Bertz CT molecular complexity index is 960. The van der Waals surface area contributed by atoms with Crippen LogP contribution < -0.4 is 5.32 Å². The van der Waals surface area contributed by atoms with E-state index in [0.29, 0.717) is 11.7 Å². The molecule has 0 unspecified atom stereocenters. The van der Waals surface area contributed by atoms with Crippen molar-refractivity contribution in [2.45, 2.75) is 18.8 Å². The van der Waals surface area contributed by atoms with Gasteiger partial charge in [-0.3, -0.25) is 0 Å². The van der Waals surface area contributed by atoms with Gasteiger partial charge in [0, 0.05) is 40.5 Å². The van der Waals surface area contributed by atoms with Crippen LogP contribution in [-0.4, -0.2) is 20.6 Å². The molecule has 2 heterocycles. The van der Waals surface area contributed by atoms with Crippen LogP contribution >= 0.6 is 15.9 Å². The molecule has 0 bridgehead atoms. The number of nitrogens with one attached hydrogen (secondary N) is 1. The summed E-state index contributed by atoms with van der Waals surface area (Å²) in [5, 5.41) is 13.7. The Morgan fingerprint density at radius 1 is 1.38 bits per heavy atom. The van der Waals surface area contributed by atoms with Crippen LogP contribution in [-0.2, 0) is 7.05 Å². The fraction of sp³-hybridized carbons (Fsp3) is 0.222. The van der Waals surface area contributed by atoms with Crippen LogP contribution in [0.4, 0.5) is 11.5 Å². The number of carboxylic acid groups (broad SMARTS) is 1. The van der Waals surface area contributed by atoms with Gasteiger partial charge in [-0.1, -0.05) is 0 Å². The number of aromatic nitrogens is 2. The first-order valence-electron chi connectivity index (χ1n) is 7.78. The van der Waals surface area contributed by atoms with E-state index in [-0.39, 0.29) is 5.56 Å². The topological polar surface area (TPSA) is 67.2 Å². The second-order valence-electron chi connectivity index (χ2n) is 6.19. The summed E-state index contributed by atoms with van der Waals surface area (Å²) < 4.78 is 3.04. The Balaban J connectivity index is 1.72. The lowest BCUT2D eigenvalue weighted by Crippen LogP contribution is -2.06. The van der Waals surface area contributed by atoms with Gasteiger partial charge in [-0.05, 0) is 64.5 Å². The van der Waals surface area contributed by atoms with Crippen molar-refractivity contribution in [2.24, 2.45) is 7.05 Å². The second-order valence-corrected chi connectivity index (χ2v) is 7.04. The number of aryl methyl sites for hydroxylation is 1. The highest BCUT2D eigenvalue weighted by molar-refractivity contribution is 9.10. The summed E-state index contributed by atoms with van der Waals surface area (Å²) in [6.45, 7) is 0. The molecule has 24 heavy (non-hydrogen) atoms. The molecule has 1 aliphatic carbocycles. The van der Waals surface area contributed by atoms with E-state index < -0.39 is 5.97 Å². The van der Waals surface area contributed by atoms with Crippen LogP contribution in [0.3, 0.4) is 0 Å². The largest absolute Gasteiger partial charge is 0.478 e. The number of fused-ring (bicyclic) bond motifs is 1. The third kappa shape index (κ3) is 2.67. The quantitative estimate of drug-likeness (QED) is 0.685. The summed E-state index contributed by atoms with van der Waals surface area (Å²) in [5.74, 6) is -0.117. The molecule has 1 aliphatic rings. The smallest absolute Gasteiger partial charge is 0.339 e. The van der Waals surface area contributed by atoms with E-state index >= 15 is 0 Å². The Labute approximate surface area is 147 Å². The van der Waals surface area contributed by atoms with Crippen LogP contribution in [0.5, 0.6) is 0 Å². The molecule has 0 atom stereocenters. The predicted octanol–water partition coefficient (Wildman–Crippen LogP) is 4.66. The van der Waals surface area contributed by atoms with Gasteiger partial charge < -0.3 is 15.0 Å². The minimum atomic E-state index is -0.963. The van der Waals surface area contributed by atoms with E-state index in [1.165, 1.54) is 0 Å². The van der Waals surface area contributed by atoms with Gasteiger partial charge in [0.2, 0.25) is 0 Å². The molecule has 0 saturated heterocycles. The highest BCUT2D eigenvalue weighted by Gasteiger charge is 2.26. The molecule has 4 rings (SSSR count). The van der Waals surface area contributed by atoms with Gasteiger partial charge in [0.1, 0.15) is 11.4 Å².